The fraction of sp³-hybridized carbons (Fsp3) is 0.741. The van der Waals surface area contributed by atoms with Crippen LogP contribution in [0.2, 0.25) is 0 Å². The number of hydrogen-bond acceptors (Lipinski definition) is 15. The summed E-state index contributed by atoms with van der Waals surface area (Å²) in [6.07, 6.45) is 1.31. The molecular formula is C27H60N8O14. The Morgan fingerprint density at radius 1 is 0.531 bits per heavy atom. The molecule has 0 unspecified atom stereocenters. The van der Waals surface area contributed by atoms with Crippen molar-refractivity contribution in [3.05, 3.63) is 0 Å². The predicted molar refractivity (Wildman–Crippen MR) is 177 cm³/mol. The molecule has 0 aromatic heterocycles. The zero-order valence-corrected chi connectivity index (χ0v) is 28.7. The number of unbranched alkanes of at least 4 members (excludes halogenated alkanes) is 1. The van der Waals surface area contributed by atoms with Crippen LogP contribution in [0.1, 0.15) is 66.7 Å². The lowest BCUT2D eigenvalue weighted by Crippen LogP contribution is -2.39. The highest BCUT2D eigenvalue weighted by atomic mass is 16.4. The number of carboxylic acids is 6. The van der Waals surface area contributed by atoms with Crippen molar-refractivity contribution in [3.8, 4) is 0 Å². The van der Waals surface area contributed by atoms with Crippen molar-refractivity contribution in [2.75, 3.05) is 13.1 Å². The molecule has 0 aromatic carbocycles. The lowest BCUT2D eigenvalue weighted by atomic mass is 10.1. The second-order valence-corrected chi connectivity index (χ2v) is 10.6. The van der Waals surface area contributed by atoms with Crippen molar-refractivity contribution in [3.63, 3.8) is 0 Å². The van der Waals surface area contributed by atoms with Crippen LogP contribution in [-0.2, 0) is 33.6 Å². The molecule has 23 N–H and O–H groups in total. The zero-order valence-electron chi connectivity index (χ0n) is 28.7. The molecule has 22 heteroatoms. The summed E-state index contributed by atoms with van der Waals surface area (Å²) < 4.78 is 0. The quantitative estimate of drug-likeness (QED) is 0.0677. The van der Waals surface area contributed by atoms with Crippen molar-refractivity contribution in [2.24, 2.45) is 57.7 Å². The Morgan fingerprint density at radius 3 is 0.980 bits per heavy atom. The number of carbonyl (C=O) groups excluding carboxylic acids is 1. The van der Waals surface area contributed by atoms with E-state index < -0.39 is 78.0 Å². The van der Waals surface area contributed by atoms with E-state index in [4.69, 9.17) is 75.9 Å². The minimum Gasteiger partial charge on any atom is -0.480 e. The van der Waals surface area contributed by atoms with Gasteiger partial charge in [-0.3, -0.25) is 33.6 Å². The molecule has 1 amide bonds. The summed E-state index contributed by atoms with van der Waals surface area (Å²) in [5.74, 6) is -6.54. The van der Waals surface area contributed by atoms with Crippen LogP contribution in [0.25, 0.3) is 0 Å². The van der Waals surface area contributed by atoms with Crippen LogP contribution >= 0.6 is 0 Å². The lowest BCUT2D eigenvalue weighted by Gasteiger charge is -2.07. The lowest BCUT2D eigenvalue weighted by molar-refractivity contribution is -0.141. The first-order chi connectivity index (χ1) is 22.1. The third kappa shape index (κ3) is 48.5. The molecule has 292 valence electrons. The molecule has 0 aliphatic rings. The van der Waals surface area contributed by atoms with E-state index in [9.17, 15) is 33.6 Å². The van der Waals surface area contributed by atoms with E-state index in [0.29, 0.717) is 13.0 Å². The molecule has 0 radical (unpaired) electrons. The van der Waals surface area contributed by atoms with Crippen molar-refractivity contribution in [2.45, 2.75) is 103 Å². The van der Waals surface area contributed by atoms with Gasteiger partial charge in [0.05, 0.1) is 12.6 Å². The SMILES string of the molecule is CC(C)[C@H](N)C(=O)O.CC(C)[C@H](N)C(=O)O.C[C@@H](O)[C@H](N)C(=O)O.NC(=O)CC[C@H](N)C(=O)O.NCC(=O)O.NCCCC[C@H](N)C(=O)O. The molecule has 0 aliphatic heterocycles. The number of carboxylic acid groups (broad SMARTS) is 6. The first-order valence-corrected chi connectivity index (χ1v) is 14.7. The van der Waals surface area contributed by atoms with Gasteiger partial charge in [-0.2, -0.15) is 0 Å². The minimum absolute atomic E-state index is 0.0208. The third-order valence-electron chi connectivity index (χ3n) is 5.29. The van der Waals surface area contributed by atoms with Crippen molar-refractivity contribution < 1.29 is 69.3 Å². The molecule has 0 saturated heterocycles. The van der Waals surface area contributed by atoms with Gasteiger partial charge < -0.3 is 81.6 Å². The van der Waals surface area contributed by atoms with Crippen LogP contribution in [0.5, 0.6) is 0 Å². The fourth-order valence-corrected chi connectivity index (χ4v) is 1.83. The van der Waals surface area contributed by atoms with E-state index in [0.717, 1.165) is 12.8 Å². The average Bonchev–Trinajstić information content (AvgIpc) is 2.99. The highest BCUT2D eigenvalue weighted by molar-refractivity contribution is 5.77. The van der Waals surface area contributed by atoms with Gasteiger partial charge in [0.25, 0.3) is 0 Å². The Labute approximate surface area is 285 Å². The highest BCUT2D eigenvalue weighted by Gasteiger charge is 2.17. The number of aliphatic hydroxyl groups excluding tert-OH is 1. The Hall–Kier alpha value is -4.03. The standard InChI is InChI=1S/C6H14N2O2.C5H10N2O3.2C5H11NO2.C4H9NO3.C2H5NO2/c7-4-2-1-3-5(8)6(9)10;6-3(5(9)10)1-2-4(7)8;2*1-3(2)4(6)5(7)8;1-2(6)3(5)4(7)8;3-1-2(4)5/h5H,1-4,7-8H2,(H,9,10);3H,1-2,6H2,(H2,7,8)(H,9,10);2*3-4H,6H2,1-2H3,(H,7,8);2-3,6H,5H2,1H3,(H,7,8);1,3H2,(H,4,5)/t5-;3-;2*4-;2-,3+;/m00001./s1. The molecule has 0 aromatic rings. The van der Waals surface area contributed by atoms with Crippen molar-refractivity contribution in [1.29, 1.82) is 0 Å². The second kappa shape index (κ2) is 35.3. The fourth-order valence-electron chi connectivity index (χ4n) is 1.83. The Morgan fingerprint density at radius 2 is 0.837 bits per heavy atom. The number of aliphatic carboxylic acids is 6. The molecule has 0 saturated carbocycles. The topological polar surface area (TPSA) is 469 Å². The first-order valence-electron chi connectivity index (χ1n) is 14.7. The van der Waals surface area contributed by atoms with E-state index in [1.54, 1.807) is 27.7 Å². The van der Waals surface area contributed by atoms with Gasteiger partial charge in [0.2, 0.25) is 5.91 Å². The number of aliphatic hydroxyl groups is 1. The van der Waals surface area contributed by atoms with Gasteiger partial charge in [-0.15, -0.1) is 0 Å². The maximum Gasteiger partial charge on any atom is 0.323 e. The molecular weight excluding hydrogens is 660 g/mol. The summed E-state index contributed by atoms with van der Waals surface area (Å²) in [4.78, 5) is 69.4. The van der Waals surface area contributed by atoms with Gasteiger partial charge in [-0.1, -0.05) is 34.1 Å². The van der Waals surface area contributed by atoms with Gasteiger partial charge in [0.15, 0.2) is 0 Å². The Balaban J connectivity index is -0.000000114. The molecule has 0 fully saturated rings. The van der Waals surface area contributed by atoms with Crippen LogP contribution in [-0.4, -0.2) is 127 Å². The molecule has 22 nitrogen and oxygen atoms in total. The van der Waals surface area contributed by atoms with Crippen LogP contribution in [0, 0.1) is 11.8 Å². The van der Waals surface area contributed by atoms with Gasteiger partial charge in [0, 0.05) is 6.42 Å². The highest BCUT2D eigenvalue weighted by Crippen LogP contribution is 1.98. The summed E-state index contributed by atoms with van der Waals surface area (Å²) in [6.45, 7) is 8.76. The normalized spacial score (nSPS) is 13.4. The molecule has 0 aliphatic carbocycles. The third-order valence-corrected chi connectivity index (χ3v) is 5.29. The van der Waals surface area contributed by atoms with Gasteiger partial charge in [-0.05, 0) is 44.6 Å². The molecule has 0 bridgehead atoms. The van der Waals surface area contributed by atoms with E-state index in [1.165, 1.54) is 6.92 Å². The predicted octanol–water partition coefficient (Wildman–Crippen LogP) is -3.89. The number of primary amides is 1. The van der Waals surface area contributed by atoms with Gasteiger partial charge in [0.1, 0.15) is 30.2 Å². The monoisotopic (exact) mass is 720 g/mol. The minimum atomic E-state index is -1.18. The largest absolute Gasteiger partial charge is 0.480 e. The molecule has 6 atom stereocenters. The number of carbonyl (C=O) groups is 7. The maximum atomic E-state index is 10.1. The second-order valence-electron chi connectivity index (χ2n) is 10.6. The van der Waals surface area contributed by atoms with Crippen molar-refractivity contribution in [1.82, 2.24) is 0 Å². The number of rotatable bonds is 16. The zero-order chi connectivity index (χ0) is 40.6. The summed E-state index contributed by atoms with van der Waals surface area (Å²) in [5, 5.41) is 57.1. The van der Waals surface area contributed by atoms with Gasteiger partial charge in [-0.25, -0.2) is 0 Å². The van der Waals surface area contributed by atoms with Crippen LogP contribution in [0.15, 0.2) is 0 Å². The molecule has 0 spiro atoms. The first kappa shape index (κ1) is 57.2. The number of nitrogens with two attached hydrogens (primary N) is 8. The maximum absolute atomic E-state index is 10.1. The summed E-state index contributed by atoms with van der Waals surface area (Å²) in [6, 6.07) is -4.28. The Bertz CT molecular complexity index is 882. The van der Waals surface area contributed by atoms with Crippen LogP contribution in [0.4, 0.5) is 0 Å². The molecule has 0 rings (SSSR count). The van der Waals surface area contributed by atoms with E-state index in [1.807, 2.05) is 0 Å². The number of amides is 1. The Kier molecular flexibility index (Phi) is 41.2. The van der Waals surface area contributed by atoms with E-state index >= 15 is 0 Å². The number of hydrogen-bond donors (Lipinski definition) is 15. The van der Waals surface area contributed by atoms with E-state index in [2.05, 4.69) is 5.73 Å². The summed E-state index contributed by atoms with van der Waals surface area (Å²) in [7, 11) is 0. The van der Waals surface area contributed by atoms with Gasteiger partial charge >= 0.3 is 35.8 Å². The summed E-state index contributed by atoms with van der Waals surface area (Å²) >= 11 is 0. The summed E-state index contributed by atoms with van der Waals surface area (Å²) in [5.41, 5.74) is 40.0. The molecule has 0 heterocycles. The van der Waals surface area contributed by atoms with Crippen molar-refractivity contribution >= 4 is 41.7 Å². The van der Waals surface area contributed by atoms with Crippen LogP contribution < -0.4 is 45.9 Å². The van der Waals surface area contributed by atoms with Crippen LogP contribution in [0.3, 0.4) is 0 Å². The average molecular weight is 721 g/mol. The molecule has 49 heavy (non-hydrogen) atoms. The smallest absolute Gasteiger partial charge is 0.323 e. The van der Waals surface area contributed by atoms with E-state index in [-0.39, 0.29) is 31.2 Å².